The Labute approximate surface area is 111 Å². The summed E-state index contributed by atoms with van der Waals surface area (Å²) in [6.07, 6.45) is 2.13. The first kappa shape index (κ1) is 14.7. The highest BCUT2D eigenvalue weighted by Gasteiger charge is 2.13. The minimum Gasteiger partial charge on any atom is -0.394 e. The summed E-state index contributed by atoms with van der Waals surface area (Å²) >= 11 is 5.94. The van der Waals surface area contributed by atoms with Crippen LogP contribution in [0.5, 0.6) is 0 Å². The molecule has 1 radical (unpaired) electrons. The third kappa shape index (κ3) is 6.22. The molecule has 0 N–H and O–H groups in total. The highest BCUT2D eigenvalue weighted by Crippen LogP contribution is 2.14. The molecular formula is C13H20ClO2Si. The van der Waals surface area contributed by atoms with Crippen LogP contribution in [0, 0.1) is 0 Å². The molecule has 1 rings (SSSR count). The van der Waals surface area contributed by atoms with Crippen LogP contribution in [0.1, 0.15) is 25.8 Å². The Bertz CT molecular complexity index is 314. The number of aryl methyl sites for hydroxylation is 1. The van der Waals surface area contributed by atoms with Crippen molar-refractivity contribution in [3.05, 3.63) is 34.9 Å². The van der Waals surface area contributed by atoms with E-state index < -0.39 is 9.28 Å². The van der Waals surface area contributed by atoms with Gasteiger partial charge in [0.1, 0.15) is 0 Å². The third-order valence-electron chi connectivity index (χ3n) is 2.35. The summed E-state index contributed by atoms with van der Waals surface area (Å²) in [5.41, 5.74) is 1.28. The zero-order valence-corrected chi connectivity index (χ0v) is 12.3. The van der Waals surface area contributed by atoms with Gasteiger partial charge in [0.25, 0.3) is 0 Å². The van der Waals surface area contributed by atoms with E-state index in [0.29, 0.717) is 0 Å². The van der Waals surface area contributed by atoms with Crippen LogP contribution < -0.4 is 0 Å². The summed E-state index contributed by atoms with van der Waals surface area (Å²) in [5, 5.41) is 0.808. The van der Waals surface area contributed by atoms with Gasteiger partial charge in [-0.2, -0.15) is 0 Å². The number of benzene rings is 1. The lowest BCUT2D eigenvalue weighted by molar-refractivity contribution is 0.213. The molecule has 0 unspecified atom stereocenters. The van der Waals surface area contributed by atoms with Crippen molar-refractivity contribution >= 4 is 20.9 Å². The minimum absolute atomic E-state index is 0.742. The fourth-order valence-electron chi connectivity index (χ4n) is 1.64. The van der Waals surface area contributed by atoms with Crippen molar-refractivity contribution in [1.82, 2.24) is 0 Å². The molecule has 0 fully saturated rings. The summed E-state index contributed by atoms with van der Waals surface area (Å²) in [7, 11) is -1.06. The van der Waals surface area contributed by atoms with Crippen LogP contribution >= 0.6 is 11.6 Å². The summed E-state index contributed by atoms with van der Waals surface area (Å²) in [5.74, 6) is 0. The normalized spacial score (nSPS) is 11.1. The molecule has 0 heterocycles. The maximum Gasteiger partial charge on any atom is 0.384 e. The Kier molecular flexibility index (Phi) is 7.52. The van der Waals surface area contributed by atoms with Gasteiger partial charge in [0.05, 0.1) is 0 Å². The van der Waals surface area contributed by atoms with Gasteiger partial charge in [-0.05, 0) is 50.4 Å². The first-order chi connectivity index (χ1) is 8.26. The van der Waals surface area contributed by atoms with Gasteiger partial charge in [0, 0.05) is 18.2 Å². The van der Waals surface area contributed by atoms with Gasteiger partial charge >= 0.3 is 9.28 Å². The number of rotatable bonds is 8. The summed E-state index contributed by atoms with van der Waals surface area (Å²) in [4.78, 5) is 0. The van der Waals surface area contributed by atoms with Gasteiger partial charge < -0.3 is 8.85 Å². The van der Waals surface area contributed by atoms with Gasteiger partial charge in [-0.1, -0.05) is 23.7 Å². The topological polar surface area (TPSA) is 18.5 Å². The Morgan fingerprint density at radius 3 is 2.47 bits per heavy atom. The van der Waals surface area contributed by atoms with Gasteiger partial charge in [-0.15, -0.1) is 0 Å². The first-order valence-electron chi connectivity index (χ1n) is 6.12. The molecule has 0 atom stereocenters. The largest absolute Gasteiger partial charge is 0.394 e. The van der Waals surface area contributed by atoms with E-state index in [1.54, 1.807) is 0 Å². The second kappa shape index (κ2) is 8.70. The number of hydrogen-bond acceptors (Lipinski definition) is 2. The minimum atomic E-state index is -1.06. The van der Waals surface area contributed by atoms with E-state index in [1.165, 1.54) is 5.56 Å². The molecule has 0 aliphatic carbocycles. The summed E-state index contributed by atoms with van der Waals surface area (Å²) < 4.78 is 11.2. The van der Waals surface area contributed by atoms with E-state index >= 15 is 0 Å². The first-order valence-corrected chi connectivity index (χ1v) is 8.02. The van der Waals surface area contributed by atoms with Gasteiger partial charge in [0.2, 0.25) is 0 Å². The van der Waals surface area contributed by atoms with Gasteiger partial charge in [-0.25, -0.2) is 0 Å². The van der Waals surface area contributed by atoms with Crippen molar-refractivity contribution in [3.63, 3.8) is 0 Å². The summed E-state index contributed by atoms with van der Waals surface area (Å²) in [6.45, 7) is 5.51. The summed E-state index contributed by atoms with van der Waals surface area (Å²) in [6, 6.07) is 9.06. The Morgan fingerprint density at radius 1 is 1.18 bits per heavy atom. The maximum atomic E-state index is 5.94. The third-order valence-corrected chi connectivity index (χ3v) is 4.56. The van der Waals surface area contributed by atoms with Crippen LogP contribution in [0.15, 0.2) is 24.3 Å². The van der Waals surface area contributed by atoms with Crippen LogP contribution in [-0.2, 0) is 15.3 Å². The molecule has 1 aromatic carbocycles. The predicted molar refractivity (Wildman–Crippen MR) is 73.6 cm³/mol. The van der Waals surface area contributed by atoms with Crippen LogP contribution in [0.3, 0.4) is 0 Å². The van der Waals surface area contributed by atoms with Crippen molar-refractivity contribution in [2.75, 3.05) is 13.2 Å². The molecule has 1 aromatic rings. The standard InChI is InChI=1S/C13H20ClO2Si/c1-3-15-17(16-4-2)10-6-8-12-7-5-9-13(14)11-12/h5,7,9,11H,3-4,6,8,10H2,1-2H3. The predicted octanol–water partition coefficient (Wildman–Crippen LogP) is 3.83. The second-order valence-corrected chi connectivity index (χ2v) is 5.98. The van der Waals surface area contributed by atoms with Crippen LogP contribution in [0.4, 0.5) is 0 Å². The molecule has 0 aromatic heterocycles. The molecule has 0 saturated carbocycles. The molecule has 0 saturated heterocycles. The Hall–Kier alpha value is -0.353. The highest BCUT2D eigenvalue weighted by atomic mass is 35.5. The van der Waals surface area contributed by atoms with Crippen molar-refractivity contribution in [1.29, 1.82) is 0 Å². The number of hydrogen-bond donors (Lipinski definition) is 0. The average Bonchev–Trinajstić information content (AvgIpc) is 2.30. The van der Waals surface area contributed by atoms with E-state index in [4.69, 9.17) is 20.5 Å². The average molecular weight is 272 g/mol. The van der Waals surface area contributed by atoms with E-state index in [1.807, 2.05) is 32.0 Å². The van der Waals surface area contributed by atoms with Crippen molar-refractivity contribution in [2.45, 2.75) is 32.7 Å². The van der Waals surface area contributed by atoms with Crippen molar-refractivity contribution in [2.24, 2.45) is 0 Å². The van der Waals surface area contributed by atoms with E-state index in [9.17, 15) is 0 Å². The molecule has 0 bridgehead atoms. The van der Waals surface area contributed by atoms with E-state index in [0.717, 1.165) is 37.1 Å². The molecule has 4 heteroatoms. The smallest absolute Gasteiger partial charge is 0.384 e. The highest BCUT2D eigenvalue weighted by molar-refractivity contribution is 6.44. The molecule has 0 amide bonds. The fourth-order valence-corrected chi connectivity index (χ4v) is 3.33. The molecule has 95 valence electrons. The monoisotopic (exact) mass is 271 g/mol. The zero-order chi connectivity index (χ0) is 12.5. The lowest BCUT2D eigenvalue weighted by Crippen LogP contribution is -2.22. The van der Waals surface area contributed by atoms with Crippen molar-refractivity contribution in [3.8, 4) is 0 Å². The molecule has 0 aliphatic rings. The second-order valence-electron chi connectivity index (χ2n) is 3.72. The van der Waals surface area contributed by atoms with Gasteiger partial charge in [-0.3, -0.25) is 0 Å². The molecule has 2 nitrogen and oxygen atoms in total. The lowest BCUT2D eigenvalue weighted by Gasteiger charge is -2.12. The SMILES string of the molecule is CCO[Si](CCCc1cccc(Cl)c1)OCC. The van der Waals surface area contributed by atoms with E-state index in [2.05, 4.69) is 6.07 Å². The van der Waals surface area contributed by atoms with E-state index in [-0.39, 0.29) is 0 Å². The Balaban J connectivity index is 2.30. The molecule has 17 heavy (non-hydrogen) atoms. The van der Waals surface area contributed by atoms with Crippen LogP contribution in [0.2, 0.25) is 11.1 Å². The maximum absolute atomic E-state index is 5.94. The number of halogens is 1. The van der Waals surface area contributed by atoms with Crippen molar-refractivity contribution < 1.29 is 8.85 Å². The quantitative estimate of drug-likeness (QED) is 0.669. The van der Waals surface area contributed by atoms with Crippen LogP contribution in [-0.4, -0.2) is 22.5 Å². The Morgan fingerprint density at radius 2 is 1.88 bits per heavy atom. The van der Waals surface area contributed by atoms with Gasteiger partial charge in [0.15, 0.2) is 0 Å². The van der Waals surface area contributed by atoms with Crippen LogP contribution in [0.25, 0.3) is 0 Å². The zero-order valence-electron chi connectivity index (χ0n) is 10.5. The fraction of sp³-hybridized carbons (Fsp3) is 0.538. The lowest BCUT2D eigenvalue weighted by atomic mass is 10.1. The molecule has 0 spiro atoms. The molecule has 0 aliphatic heterocycles. The molecular weight excluding hydrogens is 252 g/mol.